The first-order valence-corrected chi connectivity index (χ1v) is 6.12. The van der Waals surface area contributed by atoms with Crippen LogP contribution in [0, 0.1) is 0 Å². The van der Waals surface area contributed by atoms with Crippen LogP contribution in [0.25, 0.3) is 0 Å². The van der Waals surface area contributed by atoms with Crippen molar-refractivity contribution in [1.29, 1.82) is 0 Å². The van der Waals surface area contributed by atoms with Crippen molar-refractivity contribution in [3.05, 3.63) is 34.9 Å². The van der Waals surface area contributed by atoms with E-state index in [4.69, 9.17) is 0 Å². The third-order valence-corrected chi connectivity index (χ3v) is 2.87. The highest BCUT2D eigenvalue weighted by Crippen LogP contribution is 2.37. The Bertz CT molecular complexity index is 417. The molecule has 0 aromatic heterocycles. The van der Waals surface area contributed by atoms with Crippen LogP contribution in [-0.2, 0) is 12.4 Å². The van der Waals surface area contributed by atoms with E-state index in [0.717, 1.165) is 12.1 Å². The number of halogens is 6. The maximum absolute atomic E-state index is 12.7. The Balaban J connectivity index is 3.37. The first-order valence-electron chi connectivity index (χ1n) is 6.12. The van der Waals surface area contributed by atoms with Gasteiger partial charge in [-0.25, -0.2) is 0 Å². The van der Waals surface area contributed by atoms with E-state index in [1.165, 1.54) is 0 Å². The summed E-state index contributed by atoms with van der Waals surface area (Å²) in [5, 5.41) is 2.87. The highest BCUT2D eigenvalue weighted by Gasteiger charge is 2.37. The molecule has 0 heterocycles. The van der Waals surface area contributed by atoms with E-state index >= 15 is 0 Å². The van der Waals surface area contributed by atoms with Crippen LogP contribution in [-0.4, -0.2) is 6.54 Å². The predicted octanol–water partition coefficient (Wildman–Crippen LogP) is 4.78. The van der Waals surface area contributed by atoms with Gasteiger partial charge in [-0.2, -0.15) is 26.3 Å². The van der Waals surface area contributed by atoms with Gasteiger partial charge in [0, 0.05) is 6.04 Å². The molecule has 1 nitrogen and oxygen atoms in total. The molecule has 1 atom stereocenters. The predicted molar refractivity (Wildman–Crippen MR) is 63.2 cm³/mol. The fraction of sp³-hybridized carbons (Fsp3) is 0.538. The fourth-order valence-electron chi connectivity index (χ4n) is 1.92. The maximum atomic E-state index is 12.7. The minimum atomic E-state index is -4.81. The molecule has 114 valence electrons. The van der Waals surface area contributed by atoms with E-state index < -0.39 is 29.5 Å². The Hall–Kier alpha value is -1.24. The van der Waals surface area contributed by atoms with Crippen molar-refractivity contribution in [3.63, 3.8) is 0 Å². The number of rotatable bonds is 4. The highest BCUT2D eigenvalue weighted by molar-refractivity contribution is 5.35. The molecule has 0 aliphatic heterocycles. The Morgan fingerprint density at radius 1 is 0.900 bits per heavy atom. The molecule has 0 fully saturated rings. The van der Waals surface area contributed by atoms with Crippen LogP contribution >= 0.6 is 0 Å². The standard InChI is InChI=1S/C13H15F6N/c1-3-11(20-4-2)8-5-9(12(14,15)16)7-10(6-8)13(17,18)19/h5-7,11,20H,3-4H2,1-2H3/t11-/m1/s1. The molecular weight excluding hydrogens is 284 g/mol. The molecule has 1 aromatic rings. The summed E-state index contributed by atoms with van der Waals surface area (Å²) in [6, 6.07) is 1.14. The molecule has 1 N–H and O–H groups in total. The number of nitrogens with one attached hydrogen (secondary N) is 1. The van der Waals surface area contributed by atoms with Gasteiger partial charge in [0.2, 0.25) is 0 Å². The van der Waals surface area contributed by atoms with Gasteiger partial charge >= 0.3 is 12.4 Å². The zero-order chi connectivity index (χ0) is 15.6. The van der Waals surface area contributed by atoms with Crippen LogP contribution in [0.4, 0.5) is 26.3 Å². The smallest absolute Gasteiger partial charge is 0.310 e. The average Bonchev–Trinajstić information content (AvgIpc) is 2.33. The minimum absolute atomic E-state index is 0.00324. The van der Waals surface area contributed by atoms with Crippen LogP contribution in [0.1, 0.15) is 43.0 Å². The summed E-state index contributed by atoms with van der Waals surface area (Å²) < 4.78 is 76.2. The zero-order valence-electron chi connectivity index (χ0n) is 11.0. The van der Waals surface area contributed by atoms with Gasteiger partial charge in [0.05, 0.1) is 11.1 Å². The molecule has 1 rings (SSSR count). The zero-order valence-corrected chi connectivity index (χ0v) is 11.0. The highest BCUT2D eigenvalue weighted by atomic mass is 19.4. The van der Waals surface area contributed by atoms with Crippen LogP contribution < -0.4 is 5.32 Å². The van der Waals surface area contributed by atoms with Gasteiger partial charge in [0.25, 0.3) is 0 Å². The average molecular weight is 299 g/mol. The molecule has 0 aliphatic rings. The second-order valence-corrected chi connectivity index (χ2v) is 4.36. The molecule has 0 saturated heterocycles. The van der Waals surface area contributed by atoms with Gasteiger partial charge in [0.15, 0.2) is 0 Å². The van der Waals surface area contributed by atoms with Crippen LogP contribution in [0.2, 0.25) is 0 Å². The van der Waals surface area contributed by atoms with Gasteiger partial charge in [-0.05, 0) is 36.7 Å². The van der Waals surface area contributed by atoms with E-state index in [1.54, 1.807) is 13.8 Å². The van der Waals surface area contributed by atoms with Gasteiger partial charge in [-0.1, -0.05) is 13.8 Å². The van der Waals surface area contributed by atoms with E-state index in [-0.39, 0.29) is 11.6 Å². The summed E-state index contributed by atoms with van der Waals surface area (Å²) >= 11 is 0. The summed E-state index contributed by atoms with van der Waals surface area (Å²) in [6.07, 6.45) is -9.21. The maximum Gasteiger partial charge on any atom is 0.416 e. The van der Waals surface area contributed by atoms with E-state index in [0.29, 0.717) is 13.0 Å². The van der Waals surface area contributed by atoms with Crippen molar-refractivity contribution >= 4 is 0 Å². The molecule has 0 spiro atoms. The monoisotopic (exact) mass is 299 g/mol. The lowest BCUT2D eigenvalue weighted by Crippen LogP contribution is -2.22. The molecule has 0 saturated carbocycles. The summed E-state index contributed by atoms with van der Waals surface area (Å²) in [5.74, 6) is 0. The second-order valence-electron chi connectivity index (χ2n) is 4.36. The lowest BCUT2D eigenvalue weighted by Gasteiger charge is -2.20. The molecule has 0 bridgehead atoms. The van der Waals surface area contributed by atoms with Crippen molar-refractivity contribution in [3.8, 4) is 0 Å². The topological polar surface area (TPSA) is 12.0 Å². The lowest BCUT2D eigenvalue weighted by atomic mass is 9.98. The second kappa shape index (κ2) is 6.03. The molecule has 7 heteroatoms. The molecule has 0 aliphatic carbocycles. The van der Waals surface area contributed by atoms with Crippen LogP contribution in [0.3, 0.4) is 0 Å². The third kappa shape index (κ3) is 4.13. The van der Waals surface area contributed by atoms with E-state index in [9.17, 15) is 26.3 Å². The van der Waals surface area contributed by atoms with Crippen molar-refractivity contribution in [2.24, 2.45) is 0 Å². The number of hydrogen-bond donors (Lipinski definition) is 1. The summed E-state index contributed by atoms with van der Waals surface area (Å²) in [5.41, 5.74) is -2.56. The van der Waals surface area contributed by atoms with E-state index in [1.807, 2.05) is 0 Å². The lowest BCUT2D eigenvalue weighted by molar-refractivity contribution is -0.143. The summed E-state index contributed by atoms with van der Waals surface area (Å²) in [7, 11) is 0. The quantitative estimate of drug-likeness (QED) is 0.789. The van der Waals surface area contributed by atoms with Crippen LogP contribution in [0.5, 0.6) is 0 Å². The van der Waals surface area contributed by atoms with Crippen molar-refractivity contribution in [2.75, 3.05) is 6.54 Å². The molecule has 0 amide bonds. The normalized spacial score (nSPS) is 14.4. The van der Waals surface area contributed by atoms with Crippen molar-refractivity contribution in [1.82, 2.24) is 5.32 Å². The molecule has 0 unspecified atom stereocenters. The molecule has 20 heavy (non-hydrogen) atoms. The van der Waals surface area contributed by atoms with Crippen LogP contribution in [0.15, 0.2) is 18.2 Å². The van der Waals surface area contributed by atoms with E-state index in [2.05, 4.69) is 5.32 Å². The van der Waals surface area contributed by atoms with Crippen molar-refractivity contribution in [2.45, 2.75) is 38.7 Å². The SMILES string of the molecule is CCN[C@H](CC)c1cc(C(F)(F)F)cc(C(F)(F)F)c1. The van der Waals surface area contributed by atoms with Gasteiger partial charge in [0.1, 0.15) is 0 Å². The third-order valence-electron chi connectivity index (χ3n) is 2.87. The largest absolute Gasteiger partial charge is 0.416 e. The fourth-order valence-corrected chi connectivity index (χ4v) is 1.92. The Kier molecular flexibility index (Phi) is 5.07. The summed E-state index contributed by atoms with van der Waals surface area (Å²) in [6.45, 7) is 3.89. The number of benzene rings is 1. The number of hydrogen-bond acceptors (Lipinski definition) is 1. The molecular formula is C13H15F6N. The Morgan fingerprint density at radius 2 is 1.35 bits per heavy atom. The Labute approximate surface area is 113 Å². The van der Waals surface area contributed by atoms with Gasteiger partial charge < -0.3 is 5.32 Å². The first-order chi connectivity index (χ1) is 9.09. The number of alkyl halides is 6. The summed E-state index contributed by atoms with van der Waals surface area (Å²) in [4.78, 5) is 0. The van der Waals surface area contributed by atoms with Crippen molar-refractivity contribution < 1.29 is 26.3 Å². The molecule has 1 aromatic carbocycles. The minimum Gasteiger partial charge on any atom is -0.310 e. The Morgan fingerprint density at radius 3 is 1.65 bits per heavy atom. The molecule has 0 radical (unpaired) electrons. The van der Waals surface area contributed by atoms with Gasteiger partial charge in [-0.3, -0.25) is 0 Å². The first kappa shape index (κ1) is 16.8. The van der Waals surface area contributed by atoms with Gasteiger partial charge in [-0.15, -0.1) is 0 Å².